The van der Waals surface area contributed by atoms with E-state index in [0.717, 1.165) is 39.1 Å². The zero-order valence-corrected chi connectivity index (χ0v) is 14.0. The van der Waals surface area contributed by atoms with Crippen molar-refractivity contribution >= 4 is 10.0 Å². The Morgan fingerprint density at radius 1 is 1.17 bits per heavy atom. The molecule has 3 rings (SSSR count). The van der Waals surface area contributed by atoms with E-state index >= 15 is 0 Å². The topological polar surface area (TPSA) is 51.0 Å². The van der Waals surface area contributed by atoms with Crippen LogP contribution in [-0.4, -0.2) is 58.2 Å². The first-order valence-corrected chi connectivity index (χ1v) is 9.70. The van der Waals surface area contributed by atoms with E-state index in [1.807, 2.05) is 0 Å². The van der Waals surface area contributed by atoms with Gasteiger partial charge in [-0.1, -0.05) is 0 Å². The van der Waals surface area contributed by atoms with Crippen LogP contribution in [0.5, 0.6) is 0 Å². The maximum Gasteiger partial charge on any atom is 0.243 e. The number of piperazine rings is 1. The van der Waals surface area contributed by atoms with Crippen LogP contribution in [0.3, 0.4) is 0 Å². The SMILES string of the molecule is O=S(=O)(c1ccc(F)cc1)N1CC[NH+](C[C@@H]2CCCCO2)CC1. The van der Waals surface area contributed by atoms with Crippen molar-refractivity contribution in [3.05, 3.63) is 30.1 Å². The van der Waals surface area contributed by atoms with Crippen LogP contribution < -0.4 is 4.90 Å². The van der Waals surface area contributed by atoms with E-state index in [9.17, 15) is 12.8 Å². The predicted octanol–water partition coefficient (Wildman–Crippen LogP) is 0.284. The van der Waals surface area contributed by atoms with Gasteiger partial charge in [-0.3, -0.25) is 0 Å². The van der Waals surface area contributed by atoms with Gasteiger partial charge < -0.3 is 9.64 Å². The molecule has 0 aromatic heterocycles. The van der Waals surface area contributed by atoms with E-state index in [4.69, 9.17) is 4.74 Å². The van der Waals surface area contributed by atoms with Crippen LogP contribution in [-0.2, 0) is 14.8 Å². The highest BCUT2D eigenvalue weighted by Crippen LogP contribution is 2.16. The minimum atomic E-state index is -3.51. The second-order valence-corrected chi connectivity index (χ2v) is 8.24. The average molecular weight is 343 g/mol. The molecule has 128 valence electrons. The number of nitrogens with one attached hydrogen (secondary N) is 1. The molecule has 5 nitrogen and oxygen atoms in total. The summed E-state index contributed by atoms with van der Waals surface area (Å²) in [5, 5.41) is 0. The maximum atomic E-state index is 13.0. The number of ether oxygens (including phenoxy) is 1. The standard InChI is InChI=1S/C16H23FN2O3S/c17-14-4-6-16(7-5-14)23(20,21)19-10-8-18(9-11-19)13-15-3-1-2-12-22-15/h4-7,15H,1-3,8-13H2/p+1/t15-/m0/s1. The first-order valence-electron chi connectivity index (χ1n) is 8.26. The molecule has 7 heteroatoms. The lowest BCUT2D eigenvalue weighted by atomic mass is 10.1. The number of sulfonamides is 1. The highest BCUT2D eigenvalue weighted by molar-refractivity contribution is 7.89. The summed E-state index contributed by atoms with van der Waals surface area (Å²) < 4.78 is 45.4. The van der Waals surface area contributed by atoms with Gasteiger partial charge in [0.15, 0.2) is 0 Å². The zero-order chi connectivity index (χ0) is 16.3. The molecule has 0 spiro atoms. The third-order valence-corrected chi connectivity index (χ3v) is 6.58. The second-order valence-electron chi connectivity index (χ2n) is 6.30. The average Bonchev–Trinajstić information content (AvgIpc) is 2.57. The molecule has 23 heavy (non-hydrogen) atoms. The van der Waals surface area contributed by atoms with Crippen molar-refractivity contribution in [3.63, 3.8) is 0 Å². The molecular weight excluding hydrogens is 319 g/mol. The summed E-state index contributed by atoms with van der Waals surface area (Å²) >= 11 is 0. The Balaban J connectivity index is 1.56. The molecule has 1 aromatic rings. The predicted molar refractivity (Wildman–Crippen MR) is 84.3 cm³/mol. The second kappa shape index (κ2) is 7.25. The summed E-state index contributed by atoms with van der Waals surface area (Å²) in [5.74, 6) is -0.425. The van der Waals surface area contributed by atoms with Gasteiger partial charge in [0.25, 0.3) is 0 Å². The minimum Gasteiger partial charge on any atom is -0.372 e. The Morgan fingerprint density at radius 2 is 1.87 bits per heavy atom. The van der Waals surface area contributed by atoms with Gasteiger partial charge >= 0.3 is 0 Å². The summed E-state index contributed by atoms with van der Waals surface area (Å²) in [6.45, 7) is 4.40. The van der Waals surface area contributed by atoms with Gasteiger partial charge in [-0.15, -0.1) is 0 Å². The van der Waals surface area contributed by atoms with Gasteiger partial charge in [0.1, 0.15) is 18.5 Å². The van der Waals surface area contributed by atoms with Gasteiger partial charge in [0.2, 0.25) is 10.0 Å². The number of hydrogen-bond acceptors (Lipinski definition) is 3. The van der Waals surface area contributed by atoms with Crippen LogP contribution in [0, 0.1) is 5.82 Å². The van der Waals surface area contributed by atoms with Gasteiger partial charge in [0.05, 0.1) is 31.1 Å². The lowest BCUT2D eigenvalue weighted by molar-refractivity contribution is -0.907. The van der Waals surface area contributed by atoms with Gasteiger partial charge in [0, 0.05) is 6.61 Å². The quantitative estimate of drug-likeness (QED) is 0.855. The zero-order valence-electron chi connectivity index (χ0n) is 13.2. The van der Waals surface area contributed by atoms with Crippen LogP contribution in [0.15, 0.2) is 29.2 Å². The number of hydrogen-bond donors (Lipinski definition) is 1. The Morgan fingerprint density at radius 3 is 2.48 bits per heavy atom. The molecule has 1 aromatic carbocycles. The number of nitrogens with zero attached hydrogens (tertiary/aromatic N) is 1. The molecule has 1 N–H and O–H groups in total. The van der Waals surface area contributed by atoms with E-state index in [1.165, 1.54) is 39.9 Å². The van der Waals surface area contributed by atoms with Gasteiger partial charge in [-0.2, -0.15) is 4.31 Å². The van der Waals surface area contributed by atoms with E-state index in [2.05, 4.69) is 0 Å². The van der Waals surface area contributed by atoms with Crippen molar-refractivity contribution in [1.29, 1.82) is 0 Å². The molecule has 2 aliphatic rings. The summed E-state index contributed by atoms with van der Waals surface area (Å²) in [4.78, 5) is 1.57. The molecule has 0 radical (unpaired) electrons. The lowest BCUT2D eigenvalue weighted by Crippen LogP contribution is -3.15. The lowest BCUT2D eigenvalue weighted by Gasteiger charge is -2.34. The summed E-state index contributed by atoms with van der Waals surface area (Å²) in [6.07, 6.45) is 3.80. The first kappa shape index (κ1) is 16.8. The molecular formula is C16H24FN2O3S+. The van der Waals surface area contributed by atoms with E-state index in [-0.39, 0.29) is 4.90 Å². The number of quaternary nitrogens is 1. The fourth-order valence-electron chi connectivity index (χ4n) is 3.29. The van der Waals surface area contributed by atoms with Crippen LogP contribution >= 0.6 is 0 Å². The normalized spacial score (nSPS) is 24.7. The fraction of sp³-hybridized carbons (Fsp3) is 0.625. The molecule has 2 aliphatic heterocycles. The third-order valence-electron chi connectivity index (χ3n) is 4.67. The minimum absolute atomic E-state index is 0.165. The van der Waals surface area contributed by atoms with Crippen molar-refractivity contribution in [2.24, 2.45) is 0 Å². The molecule has 2 saturated heterocycles. The number of rotatable bonds is 4. The molecule has 0 bridgehead atoms. The van der Waals surface area contributed by atoms with E-state index in [1.54, 1.807) is 0 Å². The smallest absolute Gasteiger partial charge is 0.243 e. The summed E-state index contributed by atoms with van der Waals surface area (Å²) in [6, 6.07) is 5.04. The highest BCUT2D eigenvalue weighted by Gasteiger charge is 2.31. The Hall–Kier alpha value is -1.02. The summed E-state index contributed by atoms with van der Waals surface area (Å²) in [5.41, 5.74) is 0. The van der Waals surface area contributed by atoms with Crippen molar-refractivity contribution in [2.75, 3.05) is 39.3 Å². The van der Waals surface area contributed by atoms with Crippen LogP contribution in [0.1, 0.15) is 19.3 Å². The largest absolute Gasteiger partial charge is 0.372 e. The highest BCUT2D eigenvalue weighted by atomic mass is 32.2. The van der Waals surface area contributed by atoms with Crippen LogP contribution in [0.25, 0.3) is 0 Å². The molecule has 1 atom stereocenters. The Bertz CT molecular complexity index is 607. The van der Waals surface area contributed by atoms with Gasteiger partial charge in [-0.25, -0.2) is 12.8 Å². The van der Waals surface area contributed by atoms with Crippen molar-refractivity contribution in [1.82, 2.24) is 4.31 Å². The first-order chi connectivity index (χ1) is 11.1. The van der Waals surface area contributed by atoms with Crippen LogP contribution in [0.2, 0.25) is 0 Å². The number of benzene rings is 1. The van der Waals surface area contributed by atoms with Crippen molar-refractivity contribution in [2.45, 2.75) is 30.3 Å². The van der Waals surface area contributed by atoms with Crippen molar-refractivity contribution in [3.8, 4) is 0 Å². The molecule has 2 heterocycles. The van der Waals surface area contributed by atoms with E-state index in [0.29, 0.717) is 19.2 Å². The molecule has 2 fully saturated rings. The van der Waals surface area contributed by atoms with Crippen molar-refractivity contribution < 1.29 is 22.4 Å². The van der Waals surface area contributed by atoms with Gasteiger partial charge in [-0.05, 0) is 43.5 Å². The molecule has 0 amide bonds. The fourth-order valence-corrected chi connectivity index (χ4v) is 4.73. The van der Waals surface area contributed by atoms with E-state index < -0.39 is 15.8 Å². The Kier molecular flexibility index (Phi) is 5.31. The monoisotopic (exact) mass is 343 g/mol. The molecule has 0 unspecified atom stereocenters. The summed E-state index contributed by atoms with van der Waals surface area (Å²) in [7, 11) is -3.51. The van der Waals surface area contributed by atoms with Crippen LogP contribution in [0.4, 0.5) is 4.39 Å². The number of halogens is 1. The third kappa shape index (κ3) is 4.09. The maximum absolute atomic E-state index is 13.0. The Labute approximate surface area is 137 Å². The molecule has 0 aliphatic carbocycles. The molecule has 0 saturated carbocycles.